The third-order valence-electron chi connectivity index (χ3n) is 2.09. The number of aromatic nitrogens is 4. The molecule has 0 fully saturated rings. The Balaban J connectivity index is 2.27. The van der Waals surface area contributed by atoms with E-state index in [1.54, 1.807) is 0 Å². The van der Waals surface area contributed by atoms with Crippen molar-refractivity contribution in [1.29, 1.82) is 0 Å². The molecule has 0 saturated carbocycles. The molecule has 2 rings (SSSR count). The van der Waals surface area contributed by atoms with Gasteiger partial charge in [-0.05, 0) is 13.8 Å². The van der Waals surface area contributed by atoms with Crippen LogP contribution in [0.25, 0.3) is 0 Å². The maximum atomic E-state index is 5.42. The van der Waals surface area contributed by atoms with Crippen molar-refractivity contribution in [2.45, 2.75) is 24.2 Å². The Bertz CT molecular complexity index is 516. The Kier molecular flexibility index (Phi) is 3.63. The van der Waals surface area contributed by atoms with Crippen molar-refractivity contribution in [3.63, 3.8) is 0 Å². The number of aryl methyl sites for hydroxylation is 2. The van der Waals surface area contributed by atoms with E-state index in [-0.39, 0.29) is 12.0 Å². The summed E-state index contributed by atoms with van der Waals surface area (Å²) in [5, 5.41) is 0.845. The summed E-state index contributed by atoms with van der Waals surface area (Å²) in [6.45, 7) is 3.71. The van der Waals surface area contributed by atoms with Gasteiger partial charge in [-0.3, -0.25) is 5.43 Å². The molecule has 0 aliphatic heterocycles. The van der Waals surface area contributed by atoms with E-state index in [1.807, 2.05) is 13.8 Å². The lowest BCUT2D eigenvalue weighted by Gasteiger charge is -2.03. The Hall–Kier alpha value is -1.87. The summed E-state index contributed by atoms with van der Waals surface area (Å²) in [5.41, 5.74) is 3.17. The van der Waals surface area contributed by atoms with Crippen LogP contribution in [0.1, 0.15) is 11.5 Å². The summed E-state index contributed by atoms with van der Waals surface area (Å²) in [6.07, 6.45) is 0. The Morgan fingerprint density at radius 2 is 2.00 bits per heavy atom. The second kappa shape index (κ2) is 5.19. The lowest BCUT2D eigenvalue weighted by atomic mass is 10.4. The monoisotopic (exact) mass is 268 g/mol. The van der Waals surface area contributed by atoms with Crippen LogP contribution in [-0.2, 0) is 0 Å². The number of hydrazine groups is 1. The SMILES string of the molecule is COc1nc(NN)nc(Sc2nc(C)c(C)o2)n1. The van der Waals surface area contributed by atoms with Gasteiger partial charge in [0.25, 0.3) is 5.22 Å². The van der Waals surface area contributed by atoms with Crippen LogP contribution in [0, 0.1) is 13.8 Å². The molecule has 0 amide bonds. The third-order valence-corrected chi connectivity index (χ3v) is 2.81. The van der Waals surface area contributed by atoms with Gasteiger partial charge in [0.15, 0.2) is 0 Å². The molecule has 0 atom stereocenters. The van der Waals surface area contributed by atoms with Crippen LogP contribution in [-0.4, -0.2) is 27.0 Å². The topological polar surface area (TPSA) is 112 Å². The van der Waals surface area contributed by atoms with Gasteiger partial charge in [0.2, 0.25) is 11.1 Å². The van der Waals surface area contributed by atoms with Gasteiger partial charge < -0.3 is 9.15 Å². The van der Waals surface area contributed by atoms with E-state index in [0.717, 1.165) is 11.5 Å². The number of methoxy groups -OCH3 is 1. The van der Waals surface area contributed by atoms with E-state index in [1.165, 1.54) is 18.9 Å². The standard InChI is InChI=1S/C9H12N6O2S/c1-4-5(2)17-9(11-4)18-8-13-6(15-10)12-7(14-8)16-3/h10H2,1-3H3,(H,12,13,14,15). The van der Waals surface area contributed by atoms with Gasteiger partial charge in [-0.1, -0.05) is 0 Å². The zero-order valence-corrected chi connectivity index (χ0v) is 10.9. The fourth-order valence-corrected chi connectivity index (χ4v) is 1.87. The van der Waals surface area contributed by atoms with Crippen LogP contribution in [0.3, 0.4) is 0 Å². The molecular weight excluding hydrogens is 256 g/mol. The number of nitrogens with zero attached hydrogens (tertiary/aromatic N) is 4. The van der Waals surface area contributed by atoms with Gasteiger partial charge in [0.05, 0.1) is 12.8 Å². The minimum Gasteiger partial charge on any atom is -0.467 e. The third kappa shape index (κ3) is 2.68. The molecule has 9 heteroatoms. The lowest BCUT2D eigenvalue weighted by Crippen LogP contribution is -2.12. The predicted molar refractivity (Wildman–Crippen MR) is 64.3 cm³/mol. The highest BCUT2D eigenvalue weighted by molar-refractivity contribution is 7.98. The van der Waals surface area contributed by atoms with E-state index in [4.69, 9.17) is 15.0 Å². The van der Waals surface area contributed by atoms with Crippen LogP contribution in [0.2, 0.25) is 0 Å². The van der Waals surface area contributed by atoms with E-state index >= 15 is 0 Å². The molecule has 0 aromatic carbocycles. The van der Waals surface area contributed by atoms with Gasteiger partial charge in [-0.15, -0.1) is 0 Å². The molecule has 2 aromatic heterocycles. The number of anilines is 1. The highest BCUT2D eigenvalue weighted by atomic mass is 32.2. The van der Waals surface area contributed by atoms with Gasteiger partial charge >= 0.3 is 6.01 Å². The number of nitrogens with two attached hydrogens (primary N) is 1. The summed E-state index contributed by atoms with van der Waals surface area (Å²) in [4.78, 5) is 16.2. The van der Waals surface area contributed by atoms with Crippen molar-refractivity contribution in [2.75, 3.05) is 12.5 Å². The molecule has 0 unspecified atom stereocenters. The number of rotatable bonds is 4. The maximum Gasteiger partial charge on any atom is 0.322 e. The summed E-state index contributed by atoms with van der Waals surface area (Å²) < 4.78 is 10.4. The van der Waals surface area contributed by atoms with Gasteiger partial charge in [0, 0.05) is 11.8 Å². The first kappa shape index (κ1) is 12.6. The van der Waals surface area contributed by atoms with Gasteiger partial charge in [0.1, 0.15) is 5.76 Å². The number of ether oxygens (including phenoxy) is 1. The summed E-state index contributed by atoms with van der Waals surface area (Å²) in [7, 11) is 1.46. The van der Waals surface area contributed by atoms with E-state index in [0.29, 0.717) is 10.4 Å². The molecule has 0 radical (unpaired) electrons. The molecule has 0 aliphatic carbocycles. The molecule has 0 aliphatic rings. The molecular formula is C9H12N6O2S. The first-order valence-electron chi connectivity index (χ1n) is 5.01. The van der Waals surface area contributed by atoms with E-state index < -0.39 is 0 Å². The zero-order valence-electron chi connectivity index (χ0n) is 10.1. The smallest absolute Gasteiger partial charge is 0.322 e. The molecule has 3 N–H and O–H groups in total. The van der Waals surface area contributed by atoms with Crippen molar-refractivity contribution < 1.29 is 9.15 Å². The molecule has 18 heavy (non-hydrogen) atoms. The van der Waals surface area contributed by atoms with Gasteiger partial charge in [-0.2, -0.15) is 15.0 Å². The molecule has 2 aromatic rings. The van der Waals surface area contributed by atoms with E-state index in [9.17, 15) is 0 Å². The highest BCUT2D eigenvalue weighted by Crippen LogP contribution is 2.26. The summed E-state index contributed by atoms with van der Waals surface area (Å²) in [6, 6.07) is 0.167. The second-order valence-electron chi connectivity index (χ2n) is 3.30. The van der Waals surface area contributed by atoms with Crippen molar-refractivity contribution in [1.82, 2.24) is 19.9 Å². The van der Waals surface area contributed by atoms with Crippen LogP contribution in [0.4, 0.5) is 5.95 Å². The van der Waals surface area contributed by atoms with Crippen LogP contribution in [0.5, 0.6) is 6.01 Å². The second-order valence-corrected chi connectivity index (χ2v) is 4.21. The predicted octanol–water partition coefficient (Wildman–Crippen LogP) is 0.922. The largest absolute Gasteiger partial charge is 0.467 e. The summed E-state index contributed by atoms with van der Waals surface area (Å²) in [5.74, 6) is 6.23. The van der Waals surface area contributed by atoms with Crippen molar-refractivity contribution in [3.05, 3.63) is 11.5 Å². The quantitative estimate of drug-likeness (QED) is 0.617. The first-order chi connectivity index (χ1) is 8.62. The number of nitrogens with one attached hydrogen (secondary N) is 1. The zero-order chi connectivity index (χ0) is 13.1. The van der Waals surface area contributed by atoms with Crippen molar-refractivity contribution in [3.8, 4) is 6.01 Å². The number of nitrogen functional groups attached to an aromatic ring is 1. The van der Waals surface area contributed by atoms with Crippen molar-refractivity contribution >= 4 is 17.7 Å². The van der Waals surface area contributed by atoms with Crippen molar-refractivity contribution in [2.24, 2.45) is 5.84 Å². The van der Waals surface area contributed by atoms with Crippen LogP contribution < -0.4 is 16.0 Å². The minimum absolute atomic E-state index is 0.167. The number of oxazole rings is 1. The highest BCUT2D eigenvalue weighted by Gasteiger charge is 2.12. The Labute approximate surface area is 107 Å². The molecule has 0 saturated heterocycles. The van der Waals surface area contributed by atoms with Crippen LogP contribution in [0.15, 0.2) is 14.8 Å². The average Bonchev–Trinajstić information content (AvgIpc) is 2.67. The molecule has 96 valence electrons. The Morgan fingerprint density at radius 1 is 1.22 bits per heavy atom. The Morgan fingerprint density at radius 3 is 2.56 bits per heavy atom. The normalized spacial score (nSPS) is 10.4. The van der Waals surface area contributed by atoms with E-state index in [2.05, 4.69) is 25.4 Å². The lowest BCUT2D eigenvalue weighted by molar-refractivity contribution is 0.373. The molecule has 0 bridgehead atoms. The first-order valence-corrected chi connectivity index (χ1v) is 5.82. The number of hydrogen-bond donors (Lipinski definition) is 2. The minimum atomic E-state index is 0.167. The number of hydrogen-bond acceptors (Lipinski definition) is 9. The molecule has 0 spiro atoms. The van der Waals surface area contributed by atoms with Crippen LogP contribution >= 0.6 is 11.8 Å². The van der Waals surface area contributed by atoms with Gasteiger partial charge in [-0.25, -0.2) is 10.8 Å². The molecule has 2 heterocycles. The fraction of sp³-hybridized carbons (Fsp3) is 0.333. The average molecular weight is 268 g/mol. The molecule has 8 nitrogen and oxygen atoms in total. The summed E-state index contributed by atoms with van der Waals surface area (Å²) >= 11 is 1.17. The maximum absolute atomic E-state index is 5.42. The fourth-order valence-electron chi connectivity index (χ4n) is 1.10.